The minimum Gasteiger partial charge on any atom is -0.268 e. The van der Waals surface area contributed by atoms with Crippen molar-refractivity contribution in [3.63, 3.8) is 0 Å². The van der Waals surface area contributed by atoms with Crippen LogP contribution in [0.4, 0.5) is 17.6 Å². The van der Waals surface area contributed by atoms with Gasteiger partial charge in [0, 0.05) is 0 Å². The van der Waals surface area contributed by atoms with Gasteiger partial charge < -0.3 is 0 Å². The Bertz CT molecular complexity index is 663. The number of hydrogen-bond acceptors (Lipinski definition) is 2. The Labute approximate surface area is 114 Å². The van der Waals surface area contributed by atoms with Gasteiger partial charge >= 0.3 is 11.8 Å². The Kier molecular flexibility index (Phi) is 2.36. The van der Waals surface area contributed by atoms with E-state index >= 15 is 0 Å². The number of carbonyl (C=O) groups is 2. The molecular weight excluding hydrogens is 302 g/mol. The molecule has 0 saturated heterocycles. The highest BCUT2D eigenvalue weighted by Gasteiger charge is 2.74. The smallest absolute Gasteiger partial charge is 0.268 e. The van der Waals surface area contributed by atoms with Crippen LogP contribution in [0.1, 0.15) is 20.7 Å². The number of allylic oxidation sites excluding steroid dienone is 2. The molecule has 2 aliphatic rings. The van der Waals surface area contributed by atoms with Gasteiger partial charge in [-0.3, -0.25) is 9.59 Å². The maximum absolute atomic E-state index is 13.4. The number of carbonyl (C=O) groups excluding carboxylic acids is 2. The predicted molar refractivity (Wildman–Crippen MR) is 59.7 cm³/mol. The lowest BCUT2D eigenvalue weighted by Gasteiger charge is -2.40. The summed E-state index contributed by atoms with van der Waals surface area (Å²) >= 11 is 5.15. The van der Waals surface area contributed by atoms with Crippen LogP contribution in [0, 0.1) is 0 Å². The largest absolute Gasteiger partial charge is 0.357 e. The average molecular weight is 306 g/mol. The second-order valence-electron chi connectivity index (χ2n) is 4.30. The van der Waals surface area contributed by atoms with Crippen molar-refractivity contribution in [1.29, 1.82) is 0 Å². The molecule has 0 fully saturated rings. The van der Waals surface area contributed by atoms with Crippen LogP contribution in [0.25, 0.3) is 0 Å². The molecule has 1 aliphatic carbocycles. The van der Waals surface area contributed by atoms with Crippen LogP contribution in [0.5, 0.6) is 0 Å². The summed E-state index contributed by atoms with van der Waals surface area (Å²) in [6, 6.07) is 5.35. The van der Waals surface area contributed by atoms with Crippen LogP contribution in [0.3, 0.4) is 0 Å². The molecular formula is C12H4ClF4NO2. The summed E-state index contributed by atoms with van der Waals surface area (Å²) in [5, 5.41) is -1.49. The van der Waals surface area contributed by atoms with E-state index in [1.54, 1.807) is 0 Å². The molecule has 0 saturated carbocycles. The Morgan fingerprint density at radius 3 is 1.75 bits per heavy atom. The van der Waals surface area contributed by atoms with Crippen LogP contribution in [0.15, 0.2) is 35.0 Å². The van der Waals surface area contributed by atoms with Crippen LogP contribution >= 0.6 is 11.6 Å². The van der Waals surface area contributed by atoms with Crippen molar-refractivity contribution in [2.75, 3.05) is 0 Å². The number of alkyl halides is 4. The highest BCUT2D eigenvalue weighted by molar-refractivity contribution is 6.33. The van der Waals surface area contributed by atoms with Gasteiger partial charge in [0.05, 0.1) is 11.1 Å². The van der Waals surface area contributed by atoms with Gasteiger partial charge in [0.15, 0.2) is 0 Å². The molecule has 1 aromatic carbocycles. The van der Waals surface area contributed by atoms with Crippen molar-refractivity contribution in [2.45, 2.75) is 11.8 Å². The van der Waals surface area contributed by atoms with Crippen molar-refractivity contribution in [1.82, 2.24) is 4.90 Å². The number of nitrogens with zero attached hydrogens (tertiary/aromatic N) is 1. The fourth-order valence-corrected chi connectivity index (χ4v) is 2.46. The summed E-state index contributed by atoms with van der Waals surface area (Å²) in [6.07, 6.45) is 0. The number of benzene rings is 1. The van der Waals surface area contributed by atoms with Crippen molar-refractivity contribution in [2.24, 2.45) is 0 Å². The topological polar surface area (TPSA) is 37.4 Å². The Hall–Kier alpha value is -1.89. The van der Waals surface area contributed by atoms with Crippen LogP contribution in [-0.2, 0) is 0 Å². The zero-order valence-corrected chi connectivity index (χ0v) is 10.2. The lowest BCUT2D eigenvalue weighted by molar-refractivity contribution is -0.193. The first-order valence-electron chi connectivity index (χ1n) is 5.35. The second-order valence-corrected chi connectivity index (χ2v) is 4.68. The average Bonchev–Trinajstić information content (AvgIpc) is 2.64. The molecule has 1 heterocycles. The fourth-order valence-electron chi connectivity index (χ4n) is 2.14. The molecule has 3 nitrogen and oxygen atoms in total. The zero-order chi connectivity index (χ0) is 14.9. The van der Waals surface area contributed by atoms with Gasteiger partial charge in [-0.05, 0) is 12.1 Å². The molecule has 20 heavy (non-hydrogen) atoms. The molecule has 0 aromatic heterocycles. The lowest BCUT2D eigenvalue weighted by Crippen LogP contribution is -2.58. The Balaban J connectivity index is 2.15. The third-order valence-corrected chi connectivity index (χ3v) is 3.61. The molecule has 0 N–H and O–H groups in total. The Morgan fingerprint density at radius 1 is 0.900 bits per heavy atom. The molecule has 2 amide bonds. The molecule has 0 atom stereocenters. The molecule has 0 bridgehead atoms. The summed E-state index contributed by atoms with van der Waals surface area (Å²) in [7, 11) is 0. The minimum atomic E-state index is -4.66. The van der Waals surface area contributed by atoms with E-state index in [1.165, 1.54) is 24.3 Å². The van der Waals surface area contributed by atoms with Gasteiger partial charge in [0.25, 0.3) is 11.8 Å². The monoisotopic (exact) mass is 305 g/mol. The molecule has 1 aliphatic heterocycles. The number of hydrogen-bond donors (Lipinski definition) is 0. The van der Waals surface area contributed by atoms with Gasteiger partial charge in [0.2, 0.25) is 0 Å². The molecule has 3 rings (SSSR count). The minimum absolute atomic E-state index is 0.0183. The SMILES string of the molecule is O=C1c2ccccc2C(=O)N1C1=C(Cl)C(F)(F)C1(F)F. The fraction of sp³-hybridized carbons (Fsp3) is 0.167. The van der Waals surface area contributed by atoms with Crippen molar-refractivity contribution >= 4 is 23.4 Å². The van der Waals surface area contributed by atoms with Gasteiger partial charge in [-0.15, -0.1) is 0 Å². The quantitative estimate of drug-likeness (QED) is 0.591. The van der Waals surface area contributed by atoms with Crippen LogP contribution in [-0.4, -0.2) is 28.6 Å². The third kappa shape index (κ3) is 1.26. The maximum atomic E-state index is 13.4. The van der Waals surface area contributed by atoms with E-state index in [0.717, 1.165) is 0 Å². The molecule has 1 aromatic rings. The van der Waals surface area contributed by atoms with E-state index in [2.05, 4.69) is 0 Å². The number of fused-ring (bicyclic) bond motifs is 1. The highest BCUT2D eigenvalue weighted by atomic mass is 35.5. The van der Waals surface area contributed by atoms with E-state index in [0.29, 0.717) is 0 Å². The van der Waals surface area contributed by atoms with Crippen LogP contribution in [0.2, 0.25) is 0 Å². The lowest BCUT2D eigenvalue weighted by atomic mass is 9.93. The second kappa shape index (κ2) is 3.60. The summed E-state index contributed by atoms with van der Waals surface area (Å²) in [6.45, 7) is 0. The standard InChI is InChI=1S/C12H4ClF4NO2/c13-7-8(12(16,17)11(7,14)15)18-9(19)5-3-1-2-4-6(5)10(18)20/h1-4H. The van der Waals surface area contributed by atoms with Crippen molar-refractivity contribution < 1.29 is 27.2 Å². The van der Waals surface area contributed by atoms with Crippen molar-refractivity contribution in [3.05, 3.63) is 46.1 Å². The summed E-state index contributed by atoms with van der Waals surface area (Å²) in [5.41, 5.74) is -1.70. The van der Waals surface area contributed by atoms with Crippen molar-refractivity contribution in [3.8, 4) is 0 Å². The first-order chi connectivity index (χ1) is 9.21. The van der Waals surface area contributed by atoms with Gasteiger partial charge in [-0.25, -0.2) is 4.90 Å². The molecule has 0 radical (unpaired) electrons. The summed E-state index contributed by atoms with van der Waals surface area (Å²) in [4.78, 5) is 23.9. The van der Waals surface area contributed by atoms with Gasteiger partial charge in [-0.2, -0.15) is 17.6 Å². The highest BCUT2D eigenvalue weighted by Crippen LogP contribution is 2.58. The van der Waals surface area contributed by atoms with E-state index in [1.807, 2.05) is 0 Å². The normalized spacial score (nSPS) is 22.9. The van der Waals surface area contributed by atoms with E-state index in [9.17, 15) is 27.2 Å². The van der Waals surface area contributed by atoms with E-state index in [-0.39, 0.29) is 16.0 Å². The van der Waals surface area contributed by atoms with Crippen LogP contribution < -0.4 is 0 Å². The predicted octanol–water partition coefficient (Wildman–Crippen LogP) is 3.02. The molecule has 8 heteroatoms. The van der Waals surface area contributed by atoms with Gasteiger partial charge in [-0.1, -0.05) is 23.7 Å². The first kappa shape index (κ1) is 13.1. The summed E-state index contributed by atoms with van der Waals surface area (Å²) in [5.74, 6) is -11.4. The summed E-state index contributed by atoms with van der Waals surface area (Å²) < 4.78 is 52.8. The van der Waals surface area contributed by atoms with E-state index in [4.69, 9.17) is 11.6 Å². The zero-order valence-electron chi connectivity index (χ0n) is 9.46. The molecule has 0 spiro atoms. The number of amides is 2. The third-order valence-electron chi connectivity index (χ3n) is 3.19. The molecule has 104 valence electrons. The number of halogens is 5. The first-order valence-corrected chi connectivity index (χ1v) is 5.73. The number of rotatable bonds is 1. The maximum Gasteiger partial charge on any atom is 0.357 e. The Morgan fingerprint density at radius 2 is 1.35 bits per heavy atom. The molecule has 0 unspecified atom stereocenters. The number of imide groups is 1. The van der Waals surface area contributed by atoms with E-state index < -0.39 is 34.4 Å². The van der Waals surface area contributed by atoms with Gasteiger partial charge in [0.1, 0.15) is 10.7 Å².